The highest BCUT2D eigenvalue weighted by Gasteiger charge is 2.21. The van der Waals surface area contributed by atoms with Gasteiger partial charge in [0.2, 0.25) is 0 Å². The van der Waals surface area contributed by atoms with E-state index in [1.807, 2.05) is 130 Å². The Kier molecular flexibility index (Phi) is 9.68. The van der Waals surface area contributed by atoms with Crippen LogP contribution in [0.3, 0.4) is 0 Å². The molecule has 16 heteroatoms. The molecule has 0 aliphatic heterocycles. The minimum Gasteiger partial charge on any atom is -0.367 e. The van der Waals surface area contributed by atoms with E-state index in [1.165, 1.54) is 12.4 Å². The van der Waals surface area contributed by atoms with Gasteiger partial charge in [-0.3, -0.25) is 9.97 Å². The number of hydrogen-bond acceptors (Lipinski definition) is 11. The molecule has 8 aromatic heterocycles. The Labute approximate surface area is 360 Å². The van der Waals surface area contributed by atoms with Crippen LogP contribution in [0.25, 0.3) is 68.0 Å². The first-order chi connectivity index (χ1) is 30.6. The van der Waals surface area contributed by atoms with Gasteiger partial charge in [0.25, 0.3) is 0 Å². The van der Waals surface area contributed by atoms with Gasteiger partial charge in [0.15, 0.2) is 17.1 Å². The summed E-state index contributed by atoms with van der Waals surface area (Å²) >= 11 is 0. The molecule has 2 aromatic carbocycles. The molecule has 10 rings (SSSR count). The van der Waals surface area contributed by atoms with E-state index in [1.54, 1.807) is 26.1 Å². The van der Waals surface area contributed by atoms with Crippen LogP contribution in [0.2, 0.25) is 0 Å². The highest BCUT2D eigenvalue weighted by Crippen LogP contribution is 2.33. The highest BCUT2D eigenvalue weighted by atomic mass is 19.1. The van der Waals surface area contributed by atoms with Crippen molar-refractivity contribution in [2.45, 2.75) is 26.9 Å². The predicted molar refractivity (Wildman–Crippen MR) is 238 cm³/mol. The topological polar surface area (TPSA) is 174 Å². The van der Waals surface area contributed by atoms with Crippen molar-refractivity contribution in [3.8, 4) is 62.7 Å². The number of nitrogens with one attached hydrogen (secondary N) is 2. The van der Waals surface area contributed by atoms with Crippen LogP contribution in [0.15, 0.2) is 122 Å². The molecule has 10 aromatic rings. The zero-order valence-electron chi connectivity index (χ0n) is 34.7. The summed E-state index contributed by atoms with van der Waals surface area (Å²) in [5.41, 5.74) is 11.5. The number of rotatable bonds is 11. The number of anilines is 2. The monoisotopic (exact) mass is 831 g/mol. The summed E-state index contributed by atoms with van der Waals surface area (Å²) in [6, 6.07) is 34.0. The molecule has 0 fully saturated rings. The SMILES string of the molecule is Cc1cccc(-c2[nH]c(CN(C)c3cccc(C#N)c3)nc2-c2ccc3nc(-c4ccc(N(C)Cc5nc(-c6ccc7ncnn7c6)c(-c6cccc(C)n6)[nH]5)c(F)c4)nn3c2)n1. The quantitative estimate of drug-likeness (QED) is 0.129. The van der Waals surface area contributed by atoms with E-state index < -0.39 is 5.82 Å². The van der Waals surface area contributed by atoms with Gasteiger partial charge in [-0.2, -0.15) is 10.4 Å². The molecule has 0 spiro atoms. The van der Waals surface area contributed by atoms with Crippen LogP contribution in [0.5, 0.6) is 0 Å². The number of aromatic nitrogens is 12. The molecular weight excluding hydrogens is 794 g/mol. The average molecular weight is 832 g/mol. The molecule has 0 unspecified atom stereocenters. The first-order valence-electron chi connectivity index (χ1n) is 20.1. The molecule has 0 atom stereocenters. The van der Waals surface area contributed by atoms with Gasteiger partial charge >= 0.3 is 0 Å². The lowest BCUT2D eigenvalue weighted by molar-refractivity contribution is 0.621. The van der Waals surface area contributed by atoms with Crippen molar-refractivity contribution >= 4 is 22.7 Å². The third kappa shape index (κ3) is 7.59. The largest absolute Gasteiger partial charge is 0.367 e. The van der Waals surface area contributed by atoms with Crippen LogP contribution in [-0.2, 0) is 13.1 Å². The normalized spacial score (nSPS) is 11.4. The van der Waals surface area contributed by atoms with Crippen LogP contribution < -0.4 is 9.80 Å². The number of hydrogen-bond donors (Lipinski definition) is 2. The van der Waals surface area contributed by atoms with Crippen LogP contribution >= 0.6 is 0 Å². The van der Waals surface area contributed by atoms with Crippen molar-refractivity contribution < 1.29 is 4.39 Å². The number of benzene rings is 2. The number of aryl methyl sites for hydroxylation is 2. The molecule has 0 aliphatic carbocycles. The van der Waals surface area contributed by atoms with Gasteiger partial charge in [-0.25, -0.2) is 33.4 Å². The Morgan fingerprint density at radius 3 is 1.92 bits per heavy atom. The van der Waals surface area contributed by atoms with Crippen molar-refractivity contribution in [2.24, 2.45) is 0 Å². The Morgan fingerprint density at radius 2 is 1.27 bits per heavy atom. The van der Waals surface area contributed by atoms with E-state index >= 15 is 4.39 Å². The van der Waals surface area contributed by atoms with E-state index in [-0.39, 0.29) is 6.54 Å². The molecule has 0 saturated heterocycles. The Bertz CT molecular complexity index is 3370. The summed E-state index contributed by atoms with van der Waals surface area (Å²) in [5, 5.41) is 18.5. The number of halogens is 1. The van der Waals surface area contributed by atoms with Gasteiger partial charge in [0.1, 0.15) is 23.8 Å². The lowest BCUT2D eigenvalue weighted by Crippen LogP contribution is -2.18. The van der Waals surface area contributed by atoms with Crippen molar-refractivity contribution in [1.29, 1.82) is 5.26 Å². The van der Waals surface area contributed by atoms with Crippen LogP contribution in [0.4, 0.5) is 15.8 Å². The number of pyridine rings is 4. The molecule has 308 valence electrons. The second kappa shape index (κ2) is 15.8. The molecular formula is C47H38FN15. The zero-order chi connectivity index (χ0) is 43.2. The number of imidazole rings is 2. The first-order valence-corrected chi connectivity index (χ1v) is 20.1. The van der Waals surface area contributed by atoms with Crippen LogP contribution in [-0.4, -0.2) is 73.2 Å². The van der Waals surface area contributed by atoms with E-state index in [2.05, 4.69) is 26.1 Å². The smallest absolute Gasteiger partial charge is 0.182 e. The lowest BCUT2D eigenvalue weighted by atomic mass is 10.1. The van der Waals surface area contributed by atoms with Crippen molar-refractivity contribution in [1.82, 2.24) is 59.1 Å². The summed E-state index contributed by atoms with van der Waals surface area (Å²) in [4.78, 5) is 39.4. The number of H-pyrrole nitrogens is 2. The fourth-order valence-corrected chi connectivity index (χ4v) is 7.64. The molecule has 0 saturated carbocycles. The molecule has 15 nitrogen and oxygen atoms in total. The summed E-state index contributed by atoms with van der Waals surface area (Å²) in [6.45, 7) is 4.64. The lowest BCUT2D eigenvalue weighted by Gasteiger charge is -2.19. The maximum atomic E-state index is 16.1. The Hall–Kier alpha value is -8.58. The molecule has 0 amide bonds. The number of aromatic amines is 2. The third-order valence-corrected chi connectivity index (χ3v) is 10.8. The second-order valence-corrected chi connectivity index (χ2v) is 15.3. The molecule has 63 heavy (non-hydrogen) atoms. The van der Waals surface area contributed by atoms with Gasteiger partial charge in [-0.05, 0) is 98.8 Å². The second-order valence-electron chi connectivity index (χ2n) is 15.3. The number of nitrogens with zero attached hydrogens (tertiary/aromatic N) is 13. The number of nitriles is 1. The zero-order valence-corrected chi connectivity index (χ0v) is 34.7. The molecule has 0 aliphatic rings. The Balaban J connectivity index is 0.923. The third-order valence-electron chi connectivity index (χ3n) is 10.8. The standard InChI is InChI=1S/C47H38FN15/c1-28-8-5-12-36(52-28)45-43(32-15-18-41-50-27-51-62(41)23-32)55-40(57-45)26-61(4)38-17-14-31(21-35(38)48)47-58-42-19-16-33(24-63(42)59-47)44-46(37-13-6-9-29(2)53-37)56-39(54-44)25-60(3)34-11-7-10-30(20-34)22-49/h5-21,23-24,27H,25-26H2,1-4H3,(H,54,56)(H,55,57). The van der Waals surface area contributed by atoms with Crippen molar-refractivity contribution in [3.63, 3.8) is 0 Å². The minimum absolute atomic E-state index is 0.287. The maximum absolute atomic E-state index is 16.1. The van der Waals surface area contributed by atoms with Gasteiger partial charge in [0.05, 0.1) is 64.6 Å². The fourth-order valence-electron chi connectivity index (χ4n) is 7.64. The van der Waals surface area contributed by atoms with E-state index in [9.17, 15) is 5.26 Å². The highest BCUT2D eigenvalue weighted by molar-refractivity contribution is 5.78. The van der Waals surface area contributed by atoms with Crippen LogP contribution in [0, 0.1) is 31.0 Å². The summed E-state index contributed by atoms with van der Waals surface area (Å²) in [6.07, 6.45) is 5.26. The average Bonchev–Trinajstić information content (AvgIpc) is 4.12. The van der Waals surface area contributed by atoms with Gasteiger partial charge in [-0.1, -0.05) is 18.2 Å². The maximum Gasteiger partial charge on any atom is 0.182 e. The van der Waals surface area contributed by atoms with Gasteiger partial charge in [-0.15, -0.1) is 5.10 Å². The van der Waals surface area contributed by atoms with Gasteiger partial charge in [0, 0.05) is 60.3 Å². The first kappa shape index (κ1) is 38.6. The summed E-state index contributed by atoms with van der Waals surface area (Å²) in [5.74, 6) is 1.30. The van der Waals surface area contributed by atoms with E-state index in [0.717, 1.165) is 56.6 Å². The minimum atomic E-state index is -0.429. The van der Waals surface area contributed by atoms with E-state index in [0.29, 0.717) is 57.9 Å². The molecule has 8 heterocycles. The summed E-state index contributed by atoms with van der Waals surface area (Å²) in [7, 11) is 3.78. The Morgan fingerprint density at radius 1 is 0.651 bits per heavy atom. The van der Waals surface area contributed by atoms with E-state index in [4.69, 9.17) is 30.0 Å². The van der Waals surface area contributed by atoms with Crippen LogP contribution in [0.1, 0.15) is 28.6 Å². The van der Waals surface area contributed by atoms with Crippen molar-refractivity contribution in [3.05, 3.63) is 156 Å². The number of fused-ring (bicyclic) bond motifs is 2. The fraction of sp³-hybridized carbons (Fsp3) is 0.128. The van der Waals surface area contributed by atoms with Gasteiger partial charge < -0.3 is 19.8 Å². The molecule has 2 N–H and O–H groups in total. The molecule has 0 bridgehead atoms. The predicted octanol–water partition coefficient (Wildman–Crippen LogP) is 8.24. The molecule has 0 radical (unpaired) electrons. The van der Waals surface area contributed by atoms with Crippen molar-refractivity contribution in [2.75, 3.05) is 23.9 Å². The summed E-state index contributed by atoms with van der Waals surface area (Å²) < 4.78 is 19.5.